The molecule has 82 heavy (non-hydrogen) atoms. The van der Waals surface area contributed by atoms with Crippen LogP contribution in [0, 0.1) is 0 Å². The summed E-state index contributed by atoms with van der Waals surface area (Å²) in [5.74, 6) is 2.94. The van der Waals surface area contributed by atoms with E-state index in [1.807, 2.05) is 12.1 Å². The first-order valence-electron chi connectivity index (χ1n) is 27.6. The zero-order valence-electron chi connectivity index (χ0n) is 46.3. The van der Waals surface area contributed by atoms with Crippen LogP contribution in [0.4, 0.5) is 0 Å². The van der Waals surface area contributed by atoms with Crippen LogP contribution in [0.3, 0.4) is 0 Å². The third-order valence-corrected chi connectivity index (χ3v) is 15.3. The van der Waals surface area contributed by atoms with E-state index < -0.39 is 0 Å². The molecule has 0 unspecified atom stereocenters. The van der Waals surface area contributed by atoms with E-state index in [1.54, 1.807) is 28.4 Å². The number of hydrogen-bond acceptors (Lipinski definition) is 4. The minimum Gasteiger partial charge on any atom is -0.496 e. The van der Waals surface area contributed by atoms with E-state index >= 15 is 0 Å². The van der Waals surface area contributed by atoms with E-state index in [-0.39, 0.29) is 0 Å². The van der Waals surface area contributed by atoms with Crippen LogP contribution in [0.15, 0.2) is 267 Å². The van der Waals surface area contributed by atoms with Gasteiger partial charge < -0.3 is 18.9 Å². The molecule has 0 spiro atoms. The maximum Gasteiger partial charge on any atom is 0.126 e. The zero-order chi connectivity index (χ0) is 55.8. The van der Waals surface area contributed by atoms with Gasteiger partial charge in [0, 0.05) is 22.3 Å². The summed E-state index contributed by atoms with van der Waals surface area (Å²) >= 11 is 0. The third kappa shape index (κ3) is 11.1. The number of hydrogen-bond donors (Lipinski definition) is 0. The quantitative estimate of drug-likeness (QED) is 0.0904. The van der Waals surface area contributed by atoms with Crippen LogP contribution in [0.2, 0.25) is 0 Å². The van der Waals surface area contributed by atoms with Crippen molar-refractivity contribution >= 4 is 78.9 Å². The molecule has 12 aromatic carbocycles. The van der Waals surface area contributed by atoms with Gasteiger partial charge in [0.05, 0.1) is 28.4 Å². The molecular formula is C78H60O4. The second kappa shape index (κ2) is 23.9. The van der Waals surface area contributed by atoms with Crippen LogP contribution in [-0.2, 0) is 0 Å². The predicted molar refractivity (Wildman–Crippen MR) is 345 cm³/mol. The van der Waals surface area contributed by atoms with Crippen molar-refractivity contribution in [2.75, 3.05) is 28.4 Å². The van der Waals surface area contributed by atoms with Crippen molar-refractivity contribution in [3.63, 3.8) is 0 Å². The van der Waals surface area contributed by atoms with Gasteiger partial charge in [-0.15, -0.1) is 0 Å². The molecule has 0 amide bonds. The topological polar surface area (TPSA) is 36.9 Å². The fourth-order valence-electron chi connectivity index (χ4n) is 11.1. The molecule has 0 bridgehead atoms. The molecule has 4 nitrogen and oxygen atoms in total. The number of fused-ring (bicyclic) bond motifs is 3. The van der Waals surface area contributed by atoms with Crippen LogP contribution in [0.5, 0.6) is 23.0 Å². The number of ether oxygens (including phenoxy) is 4. The molecule has 0 aliphatic heterocycles. The average Bonchev–Trinajstić information content (AvgIpc) is 3.62. The molecule has 0 aromatic heterocycles. The Morgan fingerprint density at radius 1 is 0.207 bits per heavy atom. The van der Waals surface area contributed by atoms with Gasteiger partial charge in [0.2, 0.25) is 0 Å². The Labute approximate surface area is 480 Å². The molecule has 396 valence electrons. The molecule has 0 N–H and O–H groups in total. The Hall–Kier alpha value is -10.4. The van der Waals surface area contributed by atoms with Gasteiger partial charge in [-0.3, -0.25) is 0 Å². The first kappa shape index (κ1) is 52.3. The fourth-order valence-corrected chi connectivity index (χ4v) is 11.1. The van der Waals surface area contributed by atoms with Crippen LogP contribution in [-0.4, -0.2) is 28.4 Å². The predicted octanol–water partition coefficient (Wildman–Crippen LogP) is 19.5. The van der Waals surface area contributed by atoms with Crippen LogP contribution in [0.1, 0.15) is 66.8 Å². The molecule has 12 rings (SSSR count). The second-order valence-electron chi connectivity index (χ2n) is 20.3. The zero-order valence-corrected chi connectivity index (χ0v) is 46.3. The Morgan fingerprint density at radius 2 is 0.415 bits per heavy atom. The lowest BCUT2D eigenvalue weighted by molar-refractivity contribution is 0.401. The van der Waals surface area contributed by atoms with Gasteiger partial charge in [0.1, 0.15) is 23.0 Å². The van der Waals surface area contributed by atoms with E-state index in [1.165, 1.54) is 21.5 Å². The third-order valence-electron chi connectivity index (χ3n) is 15.3. The Morgan fingerprint density at radius 3 is 0.659 bits per heavy atom. The SMILES string of the molecule is COc1cc(/C=C(\c2ccccc2)c2ccc3cc(/C(=C/c4cc(OC)c(/C=C(\c5ccccc5)c5ccc6ccccc6c5)cc4OC)c4ccccc4)ccc3c2)c(OC)cc1/C=C(\c1ccccc1)c1ccc2ccccc2c1. The normalized spacial score (nSPS) is 12.2. The maximum absolute atomic E-state index is 6.24. The first-order chi connectivity index (χ1) is 40.4. The minimum atomic E-state index is 0.732. The molecule has 0 saturated heterocycles. The molecule has 0 fully saturated rings. The Bertz CT molecular complexity index is 4120. The lowest BCUT2D eigenvalue weighted by Gasteiger charge is -2.17. The lowest BCUT2D eigenvalue weighted by atomic mass is 9.90. The average molecular weight is 1060 g/mol. The van der Waals surface area contributed by atoms with Gasteiger partial charge in [-0.05, 0) is 172 Å². The number of rotatable bonds is 16. The van der Waals surface area contributed by atoms with Crippen LogP contribution in [0.25, 0.3) is 78.9 Å². The van der Waals surface area contributed by atoms with Crippen molar-refractivity contribution in [2.24, 2.45) is 0 Å². The highest BCUT2D eigenvalue weighted by Crippen LogP contribution is 2.41. The molecule has 0 aliphatic rings. The van der Waals surface area contributed by atoms with E-state index in [0.717, 1.165) is 123 Å². The summed E-state index contributed by atoms with van der Waals surface area (Å²) in [6.07, 6.45) is 8.84. The smallest absolute Gasteiger partial charge is 0.126 e. The van der Waals surface area contributed by atoms with Crippen molar-refractivity contribution in [3.05, 3.63) is 334 Å². The highest BCUT2D eigenvalue weighted by atomic mass is 16.5. The summed E-state index contributed by atoms with van der Waals surface area (Å²) in [6, 6.07) is 94.1. The molecule has 0 aliphatic carbocycles. The summed E-state index contributed by atoms with van der Waals surface area (Å²) in [6.45, 7) is 0. The van der Waals surface area contributed by atoms with Gasteiger partial charge in [-0.25, -0.2) is 0 Å². The van der Waals surface area contributed by atoms with Crippen molar-refractivity contribution in [1.82, 2.24) is 0 Å². The van der Waals surface area contributed by atoms with Gasteiger partial charge in [-0.1, -0.05) is 218 Å². The fraction of sp³-hybridized carbons (Fsp3) is 0.0513. The highest BCUT2D eigenvalue weighted by Gasteiger charge is 2.18. The molecule has 0 saturated carbocycles. The molecule has 0 atom stereocenters. The van der Waals surface area contributed by atoms with Crippen molar-refractivity contribution < 1.29 is 18.9 Å². The largest absolute Gasteiger partial charge is 0.496 e. The highest BCUT2D eigenvalue weighted by molar-refractivity contribution is 6.02. The summed E-state index contributed by atoms with van der Waals surface area (Å²) in [7, 11) is 6.93. The van der Waals surface area contributed by atoms with E-state index in [0.29, 0.717) is 0 Å². The Balaban J connectivity index is 0.926. The van der Waals surface area contributed by atoms with E-state index in [4.69, 9.17) is 18.9 Å². The van der Waals surface area contributed by atoms with Gasteiger partial charge in [0.15, 0.2) is 0 Å². The molecular weight excluding hydrogens is 1000 g/mol. The Kier molecular flexibility index (Phi) is 15.2. The molecule has 12 aromatic rings. The molecule has 0 heterocycles. The van der Waals surface area contributed by atoms with Crippen LogP contribution < -0.4 is 18.9 Å². The van der Waals surface area contributed by atoms with E-state index in [9.17, 15) is 0 Å². The number of benzene rings is 12. The van der Waals surface area contributed by atoms with Crippen molar-refractivity contribution in [2.45, 2.75) is 0 Å². The number of methoxy groups -OCH3 is 4. The van der Waals surface area contributed by atoms with Gasteiger partial charge in [0.25, 0.3) is 0 Å². The minimum absolute atomic E-state index is 0.732. The van der Waals surface area contributed by atoms with Crippen molar-refractivity contribution in [1.29, 1.82) is 0 Å². The summed E-state index contributed by atoms with van der Waals surface area (Å²) < 4.78 is 24.9. The van der Waals surface area contributed by atoms with Crippen LogP contribution >= 0.6 is 0 Å². The first-order valence-corrected chi connectivity index (χ1v) is 27.6. The standard InChI is InChI=1S/C78H60O4/c1-79-75-51-69(77(81-3)49-67(75)45-71(55-23-9-5-10-24-55)63-37-33-53-21-17-19-31-59(53)41-63)47-73(57-27-13-7-14-28-57)65-39-35-62-44-66(40-36-61(62)43-65)74(58-29-15-8-16-30-58)48-70-52-76(80-2)68(50-78(70)82-4)46-72(56-25-11-6-12-26-56)64-38-34-54-22-18-20-32-60(54)42-64/h5-52H,1-4H3/b71-45+,72-46+,73-47+,74-48+. The summed E-state index contributed by atoms with van der Waals surface area (Å²) in [5, 5.41) is 6.99. The van der Waals surface area contributed by atoms with Gasteiger partial charge in [-0.2, -0.15) is 0 Å². The van der Waals surface area contributed by atoms with Crippen molar-refractivity contribution in [3.8, 4) is 23.0 Å². The molecule has 4 heteroatoms. The summed E-state index contributed by atoms with van der Waals surface area (Å²) in [4.78, 5) is 0. The molecule has 0 radical (unpaired) electrons. The van der Waals surface area contributed by atoms with E-state index in [2.05, 4.69) is 279 Å². The van der Waals surface area contributed by atoms with Gasteiger partial charge >= 0.3 is 0 Å². The second-order valence-corrected chi connectivity index (χ2v) is 20.3. The maximum atomic E-state index is 6.24. The lowest BCUT2D eigenvalue weighted by Crippen LogP contribution is -1.96. The monoisotopic (exact) mass is 1060 g/mol. The summed E-state index contributed by atoms with van der Waals surface area (Å²) in [5.41, 5.74) is 16.6.